The predicted octanol–water partition coefficient (Wildman–Crippen LogP) is 2.19. The minimum Gasteiger partial charge on any atom is -0.323 e. The summed E-state index contributed by atoms with van der Waals surface area (Å²) in [7, 11) is 0. The standard InChI is InChI=1S/C10H16N2/c1-3-4-9(11)10-7-8(2)5-6-12-10/h5-7,9H,3-4,11H2,1-2H3/t9-/m1/s1. The van der Waals surface area contributed by atoms with E-state index in [-0.39, 0.29) is 6.04 Å². The van der Waals surface area contributed by atoms with Crippen LogP contribution in [0.25, 0.3) is 0 Å². The molecular weight excluding hydrogens is 148 g/mol. The van der Waals surface area contributed by atoms with Gasteiger partial charge in [0.15, 0.2) is 0 Å². The summed E-state index contributed by atoms with van der Waals surface area (Å²) >= 11 is 0. The van der Waals surface area contributed by atoms with Gasteiger partial charge in [-0.25, -0.2) is 0 Å². The van der Waals surface area contributed by atoms with Crippen LogP contribution in [0.15, 0.2) is 18.3 Å². The highest BCUT2D eigenvalue weighted by Crippen LogP contribution is 2.13. The zero-order chi connectivity index (χ0) is 8.97. The summed E-state index contributed by atoms with van der Waals surface area (Å²) in [5, 5.41) is 0. The summed E-state index contributed by atoms with van der Waals surface area (Å²) in [4.78, 5) is 4.23. The van der Waals surface area contributed by atoms with E-state index in [1.807, 2.05) is 12.3 Å². The summed E-state index contributed by atoms with van der Waals surface area (Å²) in [6, 6.07) is 4.15. The number of hydrogen-bond donors (Lipinski definition) is 1. The van der Waals surface area contributed by atoms with Crippen molar-refractivity contribution in [3.8, 4) is 0 Å². The Kier molecular flexibility index (Phi) is 3.23. The third kappa shape index (κ3) is 2.31. The molecule has 66 valence electrons. The fourth-order valence-corrected chi connectivity index (χ4v) is 1.22. The first-order valence-electron chi connectivity index (χ1n) is 4.42. The molecule has 0 aliphatic heterocycles. The van der Waals surface area contributed by atoms with Crippen LogP contribution in [-0.4, -0.2) is 4.98 Å². The third-order valence-electron chi connectivity index (χ3n) is 1.92. The summed E-state index contributed by atoms with van der Waals surface area (Å²) in [6.07, 6.45) is 3.94. The van der Waals surface area contributed by atoms with Crippen LogP contribution in [0.5, 0.6) is 0 Å². The van der Waals surface area contributed by atoms with Crippen LogP contribution in [0.2, 0.25) is 0 Å². The van der Waals surface area contributed by atoms with Crippen LogP contribution < -0.4 is 5.73 Å². The summed E-state index contributed by atoms with van der Waals surface area (Å²) in [5.41, 5.74) is 8.15. The number of pyridine rings is 1. The molecule has 2 N–H and O–H groups in total. The number of aryl methyl sites for hydroxylation is 1. The normalized spacial score (nSPS) is 12.9. The van der Waals surface area contributed by atoms with Gasteiger partial charge >= 0.3 is 0 Å². The van der Waals surface area contributed by atoms with Gasteiger partial charge in [-0.1, -0.05) is 13.3 Å². The quantitative estimate of drug-likeness (QED) is 0.743. The molecule has 0 spiro atoms. The number of nitrogens with two attached hydrogens (primary N) is 1. The van der Waals surface area contributed by atoms with Crippen LogP contribution in [0, 0.1) is 6.92 Å². The fourth-order valence-electron chi connectivity index (χ4n) is 1.22. The van der Waals surface area contributed by atoms with E-state index >= 15 is 0 Å². The topological polar surface area (TPSA) is 38.9 Å². The van der Waals surface area contributed by atoms with Crippen molar-refractivity contribution in [2.45, 2.75) is 32.7 Å². The lowest BCUT2D eigenvalue weighted by Crippen LogP contribution is -2.11. The van der Waals surface area contributed by atoms with Crippen LogP contribution in [-0.2, 0) is 0 Å². The average molecular weight is 164 g/mol. The lowest BCUT2D eigenvalue weighted by atomic mass is 10.1. The smallest absolute Gasteiger partial charge is 0.0573 e. The van der Waals surface area contributed by atoms with E-state index in [0.29, 0.717) is 0 Å². The SMILES string of the molecule is CCC[C@@H](N)c1cc(C)ccn1. The first kappa shape index (κ1) is 9.20. The second-order valence-corrected chi connectivity index (χ2v) is 3.15. The molecule has 0 fully saturated rings. The van der Waals surface area contributed by atoms with Gasteiger partial charge in [0.1, 0.15) is 0 Å². The molecule has 1 heterocycles. The monoisotopic (exact) mass is 164 g/mol. The van der Waals surface area contributed by atoms with Crippen molar-refractivity contribution in [2.75, 3.05) is 0 Å². The van der Waals surface area contributed by atoms with Crippen molar-refractivity contribution >= 4 is 0 Å². The lowest BCUT2D eigenvalue weighted by molar-refractivity contribution is 0.621. The largest absolute Gasteiger partial charge is 0.323 e. The van der Waals surface area contributed by atoms with E-state index in [1.165, 1.54) is 5.56 Å². The molecule has 12 heavy (non-hydrogen) atoms. The minimum atomic E-state index is 0.106. The van der Waals surface area contributed by atoms with Crippen LogP contribution in [0.4, 0.5) is 0 Å². The van der Waals surface area contributed by atoms with Crippen LogP contribution in [0.3, 0.4) is 0 Å². The Morgan fingerprint density at radius 2 is 2.33 bits per heavy atom. The molecular formula is C10H16N2. The predicted molar refractivity (Wildman–Crippen MR) is 50.8 cm³/mol. The van der Waals surface area contributed by atoms with Crippen molar-refractivity contribution in [1.29, 1.82) is 0 Å². The highest BCUT2D eigenvalue weighted by molar-refractivity contribution is 5.16. The zero-order valence-electron chi connectivity index (χ0n) is 7.75. The van der Waals surface area contributed by atoms with E-state index in [0.717, 1.165) is 18.5 Å². The van der Waals surface area contributed by atoms with Gasteiger partial charge in [0, 0.05) is 12.2 Å². The maximum atomic E-state index is 5.91. The van der Waals surface area contributed by atoms with Gasteiger partial charge in [0.2, 0.25) is 0 Å². The zero-order valence-corrected chi connectivity index (χ0v) is 7.75. The molecule has 0 saturated heterocycles. The van der Waals surface area contributed by atoms with Crippen molar-refractivity contribution in [2.24, 2.45) is 5.73 Å². The third-order valence-corrected chi connectivity index (χ3v) is 1.92. The fraction of sp³-hybridized carbons (Fsp3) is 0.500. The summed E-state index contributed by atoms with van der Waals surface area (Å²) < 4.78 is 0. The highest BCUT2D eigenvalue weighted by atomic mass is 14.8. The molecule has 1 aromatic heterocycles. The Morgan fingerprint density at radius 1 is 1.58 bits per heavy atom. The Labute approximate surface area is 73.8 Å². The van der Waals surface area contributed by atoms with E-state index < -0.39 is 0 Å². The summed E-state index contributed by atoms with van der Waals surface area (Å²) in [6.45, 7) is 4.19. The first-order chi connectivity index (χ1) is 5.74. The van der Waals surface area contributed by atoms with Crippen LogP contribution in [0.1, 0.15) is 37.1 Å². The van der Waals surface area contributed by atoms with Gasteiger partial charge < -0.3 is 5.73 Å². The Morgan fingerprint density at radius 3 is 2.92 bits per heavy atom. The Hall–Kier alpha value is -0.890. The maximum absolute atomic E-state index is 5.91. The van der Waals surface area contributed by atoms with Gasteiger partial charge in [0.05, 0.1) is 5.69 Å². The van der Waals surface area contributed by atoms with E-state index in [9.17, 15) is 0 Å². The molecule has 2 nitrogen and oxygen atoms in total. The minimum absolute atomic E-state index is 0.106. The average Bonchev–Trinajstić information content (AvgIpc) is 2.05. The molecule has 1 rings (SSSR count). The van der Waals surface area contributed by atoms with E-state index in [4.69, 9.17) is 5.73 Å². The van der Waals surface area contributed by atoms with E-state index in [2.05, 4.69) is 24.9 Å². The lowest BCUT2D eigenvalue weighted by Gasteiger charge is -2.09. The van der Waals surface area contributed by atoms with E-state index in [1.54, 1.807) is 0 Å². The molecule has 0 saturated carbocycles. The van der Waals surface area contributed by atoms with Gasteiger partial charge in [-0.2, -0.15) is 0 Å². The second kappa shape index (κ2) is 4.21. The molecule has 0 amide bonds. The summed E-state index contributed by atoms with van der Waals surface area (Å²) in [5.74, 6) is 0. The molecule has 2 heteroatoms. The number of hydrogen-bond acceptors (Lipinski definition) is 2. The molecule has 0 aliphatic rings. The van der Waals surface area contributed by atoms with Gasteiger partial charge in [-0.05, 0) is 31.0 Å². The van der Waals surface area contributed by atoms with Gasteiger partial charge in [-0.3, -0.25) is 4.98 Å². The molecule has 1 aromatic rings. The molecule has 0 bridgehead atoms. The van der Waals surface area contributed by atoms with Gasteiger partial charge in [0.25, 0.3) is 0 Å². The highest BCUT2D eigenvalue weighted by Gasteiger charge is 2.04. The van der Waals surface area contributed by atoms with Crippen molar-refractivity contribution < 1.29 is 0 Å². The molecule has 1 atom stereocenters. The molecule has 0 aromatic carbocycles. The van der Waals surface area contributed by atoms with Crippen LogP contribution >= 0.6 is 0 Å². The van der Waals surface area contributed by atoms with Crippen molar-refractivity contribution in [1.82, 2.24) is 4.98 Å². The molecule has 0 unspecified atom stereocenters. The Bertz CT molecular complexity index is 245. The number of aromatic nitrogens is 1. The van der Waals surface area contributed by atoms with Crippen molar-refractivity contribution in [3.63, 3.8) is 0 Å². The van der Waals surface area contributed by atoms with Crippen molar-refractivity contribution in [3.05, 3.63) is 29.6 Å². The first-order valence-corrected chi connectivity index (χ1v) is 4.42. The number of nitrogens with zero attached hydrogens (tertiary/aromatic N) is 1. The molecule has 0 aliphatic carbocycles. The maximum Gasteiger partial charge on any atom is 0.0573 e. The van der Waals surface area contributed by atoms with Gasteiger partial charge in [-0.15, -0.1) is 0 Å². The Balaban J connectivity index is 2.73. The second-order valence-electron chi connectivity index (χ2n) is 3.15. The molecule has 0 radical (unpaired) electrons. The number of rotatable bonds is 3.